The van der Waals surface area contributed by atoms with E-state index < -0.39 is 0 Å². The number of thioether (sulfide) groups is 1. The van der Waals surface area contributed by atoms with Crippen molar-refractivity contribution in [2.75, 3.05) is 6.26 Å². The average molecular weight is 275 g/mol. The third-order valence-electron chi connectivity index (χ3n) is 2.75. The molecule has 0 bridgehead atoms. The molecule has 1 N–H and O–H groups in total. The van der Waals surface area contributed by atoms with Gasteiger partial charge in [-0.2, -0.15) is 0 Å². The first kappa shape index (κ1) is 13.6. The van der Waals surface area contributed by atoms with Crippen molar-refractivity contribution in [1.29, 1.82) is 0 Å². The molecule has 0 aliphatic rings. The van der Waals surface area contributed by atoms with Crippen molar-refractivity contribution in [3.05, 3.63) is 65.5 Å². The van der Waals surface area contributed by atoms with Gasteiger partial charge in [0.2, 0.25) is 0 Å². The van der Waals surface area contributed by atoms with Gasteiger partial charge in [-0.05, 0) is 36.6 Å². The van der Waals surface area contributed by atoms with Gasteiger partial charge in [0, 0.05) is 22.6 Å². The van der Waals surface area contributed by atoms with Crippen LogP contribution in [0.5, 0.6) is 0 Å². The van der Waals surface area contributed by atoms with E-state index in [-0.39, 0.29) is 18.3 Å². The lowest BCUT2D eigenvalue weighted by Crippen LogP contribution is -2.23. The first-order chi connectivity index (χ1) is 9.20. The maximum atomic E-state index is 13.4. The van der Waals surface area contributed by atoms with Crippen LogP contribution in [0, 0.1) is 5.82 Å². The van der Waals surface area contributed by atoms with Crippen LogP contribution in [-0.4, -0.2) is 12.2 Å². The quantitative estimate of drug-likeness (QED) is 0.866. The third kappa shape index (κ3) is 3.58. The minimum atomic E-state index is -0.305. The van der Waals surface area contributed by atoms with Crippen molar-refractivity contribution in [3.63, 3.8) is 0 Å². The third-order valence-corrected chi connectivity index (χ3v) is 3.49. The van der Waals surface area contributed by atoms with Crippen LogP contribution in [0.1, 0.15) is 15.9 Å². The highest BCUT2D eigenvalue weighted by Crippen LogP contribution is 2.15. The highest BCUT2D eigenvalue weighted by Gasteiger charge is 2.06. The van der Waals surface area contributed by atoms with Crippen LogP contribution in [0.3, 0.4) is 0 Å². The lowest BCUT2D eigenvalue weighted by atomic mass is 10.2. The molecular formula is C15H14FNOS. The molecule has 0 aromatic heterocycles. The Kier molecular flexibility index (Phi) is 4.58. The molecule has 0 saturated heterocycles. The molecule has 0 heterocycles. The van der Waals surface area contributed by atoms with E-state index in [1.165, 1.54) is 6.07 Å². The van der Waals surface area contributed by atoms with Crippen molar-refractivity contribution in [2.45, 2.75) is 11.4 Å². The van der Waals surface area contributed by atoms with E-state index in [2.05, 4.69) is 5.32 Å². The Balaban J connectivity index is 1.99. The molecule has 0 spiro atoms. The van der Waals surface area contributed by atoms with Crippen LogP contribution >= 0.6 is 11.8 Å². The van der Waals surface area contributed by atoms with Crippen LogP contribution in [0.2, 0.25) is 0 Å². The molecule has 98 valence electrons. The van der Waals surface area contributed by atoms with Gasteiger partial charge in [0.15, 0.2) is 0 Å². The second kappa shape index (κ2) is 6.38. The maximum Gasteiger partial charge on any atom is 0.251 e. The molecular weight excluding hydrogens is 261 g/mol. The van der Waals surface area contributed by atoms with E-state index in [0.29, 0.717) is 11.1 Å². The Morgan fingerprint density at radius 3 is 2.47 bits per heavy atom. The minimum absolute atomic E-state index is 0.190. The molecule has 1 amide bonds. The van der Waals surface area contributed by atoms with Crippen LogP contribution < -0.4 is 5.32 Å². The summed E-state index contributed by atoms with van der Waals surface area (Å²) in [5, 5.41) is 2.71. The summed E-state index contributed by atoms with van der Waals surface area (Å²) in [6.45, 7) is 0.190. The first-order valence-corrected chi connectivity index (χ1v) is 7.09. The largest absolute Gasteiger partial charge is 0.348 e. The molecule has 0 saturated carbocycles. The van der Waals surface area contributed by atoms with Crippen LogP contribution in [0.25, 0.3) is 0 Å². The minimum Gasteiger partial charge on any atom is -0.348 e. The van der Waals surface area contributed by atoms with Gasteiger partial charge in [0.1, 0.15) is 5.82 Å². The molecule has 0 aliphatic carbocycles. The monoisotopic (exact) mass is 275 g/mol. The lowest BCUT2D eigenvalue weighted by molar-refractivity contribution is 0.0950. The van der Waals surface area contributed by atoms with Crippen LogP contribution in [0.15, 0.2) is 53.4 Å². The number of hydrogen-bond acceptors (Lipinski definition) is 2. The van der Waals surface area contributed by atoms with E-state index in [0.717, 1.165) is 4.90 Å². The number of hydrogen-bond donors (Lipinski definition) is 1. The number of benzene rings is 2. The van der Waals surface area contributed by atoms with Crippen LogP contribution in [0.4, 0.5) is 4.39 Å². The summed E-state index contributed by atoms with van der Waals surface area (Å²) in [6.07, 6.45) is 1.98. The normalized spacial score (nSPS) is 10.2. The van der Waals surface area contributed by atoms with Gasteiger partial charge in [0.25, 0.3) is 5.91 Å². The van der Waals surface area contributed by atoms with E-state index in [4.69, 9.17) is 0 Å². The molecule has 19 heavy (non-hydrogen) atoms. The molecule has 0 unspecified atom stereocenters. The fourth-order valence-electron chi connectivity index (χ4n) is 1.66. The predicted octanol–water partition coefficient (Wildman–Crippen LogP) is 3.48. The van der Waals surface area contributed by atoms with Gasteiger partial charge < -0.3 is 5.32 Å². The molecule has 0 radical (unpaired) electrons. The Labute approximate surface area is 116 Å². The van der Waals surface area contributed by atoms with Gasteiger partial charge in [-0.1, -0.05) is 18.2 Å². The van der Waals surface area contributed by atoms with Crippen molar-refractivity contribution in [2.24, 2.45) is 0 Å². The lowest BCUT2D eigenvalue weighted by Gasteiger charge is -2.06. The summed E-state index contributed by atoms with van der Waals surface area (Å²) in [5.41, 5.74) is 1.06. The Morgan fingerprint density at radius 1 is 1.16 bits per heavy atom. The highest BCUT2D eigenvalue weighted by atomic mass is 32.2. The Hall–Kier alpha value is -1.81. The zero-order valence-corrected chi connectivity index (χ0v) is 11.3. The second-order valence-electron chi connectivity index (χ2n) is 4.00. The number of halogens is 1. The number of carbonyl (C=O) groups is 1. The first-order valence-electron chi connectivity index (χ1n) is 5.86. The summed E-state index contributed by atoms with van der Waals surface area (Å²) in [6, 6.07) is 13.7. The predicted molar refractivity (Wildman–Crippen MR) is 75.8 cm³/mol. The molecule has 0 fully saturated rings. The summed E-state index contributed by atoms with van der Waals surface area (Å²) >= 11 is 1.62. The highest BCUT2D eigenvalue weighted by molar-refractivity contribution is 7.98. The summed E-state index contributed by atoms with van der Waals surface area (Å²) in [4.78, 5) is 13.0. The van der Waals surface area contributed by atoms with Crippen LogP contribution in [-0.2, 0) is 6.54 Å². The standard InChI is InChI=1S/C15H14FNOS/c1-19-13-8-6-11(7-9-13)15(18)17-10-12-4-2-3-5-14(12)16/h2-9H,10H2,1H3,(H,17,18). The number of amides is 1. The van der Waals surface area contributed by atoms with Gasteiger partial charge in [-0.3, -0.25) is 4.79 Å². The van der Waals surface area contributed by atoms with Gasteiger partial charge >= 0.3 is 0 Å². The zero-order chi connectivity index (χ0) is 13.7. The molecule has 0 aliphatic heterocycles. The number of nitrogens with one attached hydrogen (secondary N) is 1. The van der Waals surface area contributed by atoms with Gasteiger partial charge in [-0.25, -0.2) is 4.39 Å². The molecule has 4 heteroatoms. The molecule has 2 aromatic rings. The summed E-state index contributed by atoms with van der Waals surface area (Å²) in [5.74, 6) is -0.503. The van der Waals surface area contributed by atoms with Crippen molar-refractivity contribution < 1.29 is 9.18 Å². The smallest absolute Gasteiger partial charge is 0.251 e. The second-order valence-corrected chi connectivity index (χ2v) is 4.88. The number of rotatable bonds is 4. The van der Waals surface area contributed by atoms with Crippen molar-refractivity contribution in [1.82, 2.24) is 5.32 Å². The Bertz CT molecular complexity index is 569. The van der Waals surface area contributed by atoms with Crippen molar-refractivity contribution in [3.8, 4) is 0 Å². The molecule has 0 atom stereocenters. The van der Waals surface area contributed by atoms with Gasteiger partial charge in [-0.15, -0.1) is 11.8 Å². The fraction of sp³-hybridized carbons (Fsp3) is 0.133. The van der Waals surface area contributed by atoms with E-state index in [1.807, 2.05) is 18.4 Å². The number of carbonyl (C=O) groups excluding carboxylic acids is 1. The molecule has 2 nitrogen and oxygen atoms in total. The van der Waals surface area contributed by atoms with E-state index in [9.17, 15) is 9.18 Å². The molecule has 2 rings (SSSR count). The average Bonchev–Trinajstić information content (AvgIpc) is 2.46. The maximum absolute atomic E-state index is 13.4. The van der Waals surface area contributed by atoms with Gasteiger partial charge in [0.05, 0.1) is 0 Å². The van der Waals surface area contributed by atoms with E-state index in [1.54, 1.807) is 42.1 Å². The SMILES string of the molecule is CSc1ccc(C(=O)NCc2ccccc2F)cc1. The molecule has 2 aromatic carbocycles. The summed E-state index contributed by atoms with van der Waals surface area (Å²) < 4.78 is 13.4. The fourth-order valence-corrected chi connectivity index (χ4v) is 2.07. The van der Waals surface area contributed by atoms with Crippen molar-refractivity contribution >= 4 is 17.7 Å². The Morgan fingerprint density at radius 2 is 1.84 bits per heavy atom. The zero-order valence-electron chi connectivity index (χ0n) is 10.5. The topological polar surface area (TPSA) is 29.1 Å². The summed E-state index contributed by atoms with van der Waals surface area (Å²) in [7, 11) is 0. The van der Waals surface area contributed by atoms with E-state index >= 15 is 0 Å².